The average molecular weight is 484 g/mol. The lowest BCUT2D eigenvalue weighted by atomic mass is 9.89. The highest BCUT2D eigenvalue weighted by Crippen LogP contribution is 2.36. The van der Waals surface area contributed by atoms with E-state index in [0.717, 1.165) is 28.5 Å². The first-order chi connectivity index (χ1) is 16.5. The summed E-state index contributed by atoms with van der Waals surface area (Å²) in [6.07, 6.45) is 1.50. The second-order valence-electron chi connectivity index (χ2n) is 8.35. The van der Waals surface area contributed by atoms with E-state index < -0.39 is 29.9 Å². The lowest BCUT2D eigenvalue weighted by Gasteiger charge is -2.25. The maximum atomic E-state index is 13.5. The van der Waals surface area contributed by atoms with Crippen molar-refractivity contribution in [3.05, 3.63) is 59.0 Å². The molecule has 1 aromatic heterocycles. The molecule has 0 bridgehead atoms. The van der Waals surface area contributed by atoms with Crippen LogP contribution in [0.3, 0.4) is 0 Å². The molecule has 1 aliphatic heterocycles. The van der Waals surface area contributed by atoms with Crippen LogP contribution in [0, 0.1) is 0 Å². The standard InChI is InChI=1S/C26H29NO6S/c1-3-4-8-20(28)24(16-10-11-21-22(13-16)33-15-32-21)25(29)27-19(26(30)31-2)12-17-14-34-23-9-6-5-7-18(17)23/h5-7,9-11,13-14,19-20,24,28H,3-4,8,12,15H2,1-2H3,(H,27,29)/t19-,20?,24?/m0/s1. The number of carbonyl (C=O) groups is 2. The van der Waals surface area contributed by atoms with Crippen LogP contribution in [0.4, 0.5) is 0 Å². The fourth-order valence-corrected chi connectivity index (χ4v) is 5.22. The summed E-state index contributed by atoms with van der Waals surface area (Å²) < 4.78 is 17.0. The topological polar surface area (TPSA) is 94.1 Å². The number of nitrogens with one attached hydrogen (secondary N) is 1. The number of hydrogen-bond acceptors (Lipinski definition) is 7. The Kier molecular flexibility index (Phi) is 7.70. The molecule has 2 N–H and O–H groups in total. The van der Waals surface area contributed by atoms with Gasteiger partial charge in [0.05, 0.1) is 19.1 Å². The van der Waals surface area contributed by atoms with Gasteiger partial charge in [-0.3, -0.25) is 4.79 Å². The van der Waals surface area contributed by atoms with Gasteiger partial charge in [-0.1, -0.05) is 44.0 Å². The van der Waals surface area contributed by atoms with Crippen molar-refractivity contribution in [1.82, 2.24) is 5.32 Å². The van der Waals surface area contributed by atoms with Gasteiger partial charge in [-0.15, -0.1) is 11.3 Å². The van der Waals surface area contributed by atoms with Crippen LogP contribution >= 0.6 is 11.3 Å². The lowest BCUT2D eigenvalue weighted by Crippen LogP contribution is -2.47. The van der Waals surface area contributed by atoms with Gasteiger partial charge in [0.15, 0.2) is 11.5 Å². The van der Waals surface area contributed by atoms with E-state index in [1.165, 1.54) is 7.11 Å². The zero-order valence-corrected chi connectivity index (χ0v) is 20.1. The van der Waals surface area contributed by atoms with E-state index in [-0.39, 0.29) is 6.79 Å². The molecule has 8 heteroatoms. The van der Waals surface area contributed by atoms with Crippen molar-refractivity contribution < 1.29 is 28.9 Å². The maximum absolute atomic E-state index is 13.5. The second-order valence-corrected chi connectivity index (χ2v) is 9.26. The van der Waals surface area contributed by atoms with E-state index >= 15 is 0 Å². The molecule has 34 heavy (non-hydrogen) atoms. The van der Waals surface area contributed by atoms with Crippen LogP contribution in [0.15, 0.2) is 47.8 Å². The molecular formula is C26H29NO6S. The minimum absolute atomic E-state index is 0.118. The predicted molar refractivity (Wildman–Crippen MR) is 130 cm³/mol. The Labute approximate surface area is 202 Å². The molecule has 2 unspecified atom stereocenters. The molecule has 4 rings (SSSR count). The molecular weight excluding hydrogens is 454 g/mol. The van der Waals surface area contributed by atoms with Gasteiger partial charge in [-0.05, 0) is 46.5 Å². The first kappa shape index (κ1) is 24.0. The summed E-state index contributed by atoms with van der Waals surface area (Å²) in [5.74, 6) is -0.698. The number of fused-ring (bicyclic) bond motifs is 2. The highest BCUT2D eigenvalue weighted by atomic mass is 32.1. The van der Waals surface area contributed by atoms with Gasteiger partial charge < -0.3 is 24.6 Å². The Bertz CT molecular complexity index is 1160. The van der Waals surface area contributed by atoms with Crippen molar-refractivity contribution in [2.75, 3.05) is 13.9 Å². The van der Waals surface area contributed by atoms with Gasteiger partial charge in [0, 0.05) is 11.1 Å². The fraction of sp³-hybridized carbons (Fsp3) is 0.385. The first-order valence-corrected chi connectivity index (χ1v) is 12.3. The van der Waals surface area contributed by atoms with E-state index in [1.54, 1.807) is 29.5 Å². The Balaban J connectivity index is 1.60. The molecule has 180 valence electrons. The lowest BCUT2D eigenvalue weighted by molar-refractivity contribution is -0.145. The molecule has 2 heterocycles. The minimum atomic E-state index is -0.916. The molecule has 2 aromatic carbocycles. The fourth-order valence-electron chi connectivity index (χ4n) is 4.24. The summed E-state index contributed by atoms with van der Waals surface area (Å²) in [4.78, 5) is 26.2. The molecule has 0 radical (unpaired) electrons. The van der Waals surface area contributed by atoms with Gasteiger partial charge in [0.1, 0.15) is 6.04 Å². The van der Waals surface area contributed by atoms with Gasteiger partial charge in [0.2, 0.25) is 12.7 Å². The van der Waals surface area contributed by atoms with Gasteiger partial charge in [0.25, 0.3) is 0 Å². The summed E-state index contributed by atoms with van der Waals surface area (Å²) in [7, 11) is 1.30. The predicted octanol–water partition coefficient (Wildman–Crippen LogP) is 4.17. The molecule has 0 saturated carbocycles. The highest BCUT2D eigenvalue weighted by Gasteiger charge is 2.33. The SMILES string of the molecule is CCCCC(O)C(C(=O)N[C@@H](Cc1csc2ccccc12)C(=O)OC)c1ccc2c(c1)OCO2. The van der Waals surface area contributed by atoms with E-state index in [9.17, 15) is 14.7 Å². The van der Waals surface area contributed by atoms with Crippen molar-refractivity contribution in [3.8, 4) is 11.5 Å². The van der Waals surface area contributed by atoms with Gasteiger partial charge in [-0.25, -0.2) is 4.79 Å². The average Bonchev–Trinajstić information content (AvgIpc) is 3.48. The summed E-state index contributed by atoms with van der Waals surface area (Å²) in [5.41, 5.74) is 1.57. The Hall–Kier alpha value is -3.10. The Morgan fingerprint density at radius 2 is 1.97 bits per heavy atom. The molecule has 0 fully saturated rings. The summed E-state index contributed by atoms with van der Waals surface area (Å²) >= 11 is 1.59. The molecule has 3 aromatic rings. The van der Waals surface area contributed by atoms with E-state index in [4.69, 9.17) is 14.2 Å². The zero-order chi connectivity index (χ0) is 24.1. The number of benzene rings is 2. The number of aliphatic hydroxyl groups excluding tert-OH is 1. The maximum Gasteiger partial charge on any atom is 0.328 e. The van der Waals surface area contributed by atoms with E-state index in [2.05, 4.69) is 5.32 Å². The number of esters is 1. The van der Waals surface area contributed by atoms with Crippen molar-refractivity contribution in [2.45, 2.75) is 50.7 Å². The number of rotatable bonds is 10. The zero-order valence-electron chi connectivity index (χ0n) is 19.3. The summed E-state index contributed by atoms with van der Waals surface area (Å²) in [6, 6.07) is 12.3. The second kappa shape index (κ2) is 10.9. The van der Waals surface area contributed by atoms with Crippen molar-refractivity contribution in [1.29, 1.82) is 0 Å². The minimum Gasteiger partial charge on any atom is -0.467 e. The van der Waals surface area contributed by atoms with Crippen molar-refractivity contribution >= 4 is 33.3 Å². The van der Waals surface area contributed by atoms with E-state index in [1.807, 2.05) is 36.6 Å². The number of amides is 1. The first-order valence-electron chi connectivity index (χ1n) is 11.4. The Morgan fingerprint density at radius 1 is 1.18 bits per heavy atom. The van der Waals surface area contributed by atoms with Crippen molar-refractivity contribution in [3.63, 3.8) is 0 Å². The molecule has 3 atom stereocenters. The number of hydrogen-bond donors (Lipinski definition) is 2. The van der Waals surface area contributed by atoms with Crippen LogP contribution in [-0.2, 0) is 20.7 Å². The van der Waals surface area contributed by atoms with Crippen LogP contribution in [-0.4, -0.2) is 43.0 Å². The number of ether oxygens (including phenoxy) is 3. The summed E-state index contributed by atoms with van der Waals surface area (Å²) in [6.45, 7) is 2.15. The monoisotopic (exact) mass is 483 g/mol. The van der Waals surface area contributed by atoms with Crippen molar-refractivity contribution in [2.24, 2.45) is 0 Å². The van der Waals surface area contributed by atoms with Gasteiger partial charge >= 0.3 is 5.97 Å². The number of methoxy groups -OCH3 is 1. The van der Waals surface area contributed by atoms with E-state index in [0.29, 0.717) is 29.9 Å². The molecule has 0 saturated heterocycles. The third kappa shape index (κ3) is 5.18. The normalized spacial score (nSPS) is 15.0. The van der Waals surface area contributed by atoms with Crippen LogP contribution < -0.4 is 14.8 Å². The smallest absolute Gasteiger partial charge is 0.328 e. The Morgan fingerprint density at radius 3 is 2.76 bits per heavy atom. The van der Waals surface area contributed by atoms with Crippen LogP contribution in [0.25, 0.3) is 10.1 Å². The molecule has 1 amide bonds. The van der Waals surface area contributed by atoms with Crippen LogP contribution in [0.1, 0.15) is 43.2 Å². The largest absolute Gasteiger partial charge is 0.467 e. The number of unbranched alkanes of at least 4 members (excludes halogenated alkanes) is 1. The van der Waals surface area contributed by atoms with Crippen LogP contribution in [0.2, 0.25) is 0 Å². The third-order valence-electron chi connectivity index (χ3n) is 6.06. The molecule has 0 spiro atoms. The highest BCUT2D eigenvalue weighted by molar-refractivity contribution is 7.17. The number of aliphatic hydroxyl groups is 1. The van der Waals surface area contributed by atoms with Gasteiger partial charge in [-0.2, -0.15) is 0 Å². The summed E-state index contributed by atoms with van der Waals surface area (Å²) in [5, 5.41) is 16.9. The number of carbonyl (C=O) groups excluding carboxylic acids is 2. The number of thiophene rings is 1. The molecule has 0 aliphatic carbocycles. The third-order valence-corrected chi connectivity index (χ3v) is 7.08. The van der Waals surface area contributed by atoms with Crippen LogP contribution in [0.5, 0.6) is 11.5 Å². The quantitative estimate of drug-likeness (QED) is 0.421. The molecule has 1 aliphatic rings. The molecule has 7 nitrogen and oxygen atoms in total.